The van der Waals surface area contributed by atoms with Crippen molar-refractivity contribution in [3.8, 4) is 0 Å². The van der Waals surface area contributed by atoms with Gasteiger partial charge in [-0.25, -0.2) is 0 Å². The van der Waals surface area contributed by atoms with E-state index >= 15 is 0 Å². The first-order chi connectivity index (χ1) is 11.9. The number of carbonyl (C=O) groups excluding carboxylic acids is 2. The van der Waals surface area contributed by atoms with E-state index in [4.69, 9.17) is 15.2 Å². The van der Waals surface area contributed by atoms with E-state index in [-0.39, 0.29) is 29.0 Å². The number of ether oxygens (including phenoxy) is 2. The topological polar surface area (TPSA) is 71.1 Å². The van der Waals surface area contributed by atoms with E-state index in [9.17, 15) is 9.59 Å². The Morgan fingerprint density at radius 1 is 1.00 bits per heavy atom. The second-order valence-corrected chi connectivity index (χ2v) is 8.58. The predicted octanol–water partition coefficient (Wildman–Crippen LogP) is 1.93. The molecular weight excluding hydrogens is 542 g/mol. The summed E-state index contributed by atoms with van der Waals surface area (Å²) in [6.45, 7) is 11.6. The molecule has 0 bridgehead atoms. The first-order valence-corrected chi connectivity index (χ1v) is 11.6. The summed E-state index contributed by atoms with van der Waals surface area (Å²) in [7, 11) is 3.18. The number of carbonyl (C=O) groups is 2. The first-order valence-electron chi connectivity index (χ1n) is 8.30. The van der Waals surface area contributed by atoms with Gasteiger partial charge in [0.05, 0.1) is 0 Å². The van der Waals surface area contributed by atoms with Crippen molar-refractivity contribution in [3.63, 3.8) is 0 Å². The van der Waals surface area contributed by atoms with Crippen molar-refractivity contribution in [2.45, 2.75) is 47.6 Å². The van der Waals surface area contributed by atoms with Gasteiger partial charge in [-0.1, -0.05) is 0 Å². The van der Waals surface area contributed by atoms with Gasteiger partial charge in [0.2, 0.25) is 0 Å². The molecule has 8 heteroatoms. The fraction of sp³-hybridized carbons (Fsp3) is 0.667. The molecule has 1 unspecified atom stereocenters. The van der Waals surface area contributed by atoms with Gasteiger partial charge in [0.15, 0.2) is 0 Å². The molecule has 0 aliphatic rings. The molecule has 0 spiro atoms. The minimum absolute atomic E-state index is 0.0135. The number of rotatable bonds is 9. The van der Waals surface area contributed by atoms with Gasteiger partial charge in [-0.2, -0.15) is 0 Å². The van der Waals surface area contributed by atoms with Crippen LogP contribution in [0.25, 0.3) is 0 Å². The average molecular weight is 574 g/mol. The predicted molar refractivity (Wildman–Crippen MR) is 105 cm³/mol. The zero-order valence-electron chi connectivity index (χ0n) is 17.4. The molecule has 0 saturated heterocycles. The molecule has 0 aromatic rings. The van der Waals surface area contributed by atoms with Crippen molar-refractivity contribution >= 4 is 61.2 Å². The van der Waals surface area contributed by atoms with Crippen molar-refractivity contribution in [1.82, 2.24) is 0 Å². The van der Waals surface area contributed by atoms with E-state index in [1.807, 2.05) is 41.5 Å². The van der Waals surface area contributed by atoms with Gasteiger partial charge in [-0.05, 0) is 0 Å². The molecule has 0 saturated carbocycles. The van der Waals surface area contributed by atoms with E-state index in [0.717, 1.165) is 0 Å². The quantitative estimate of drug-likeness (QED) is 0.310. The van der Waals surface area contributed by atoms with E-state index in [1.165, 1.54) is 6.08 Å². The monoisotopic (exact) mass is 574 g/mol. The van der Waals surface area contributed by atoms with Gasteiger partial charge in [-0.3, -0.25) is 0 Å². The Kier molecular flexibility index (Phi) is 16.4. The number of ketones is 2. The Labute approximate surface area is 188 Å². The Bertz CT molecular complexity index is 492. The van der Waals surface area contributed by atoms with Crippen molar-refractivity contribution < 1.29 is 24.8 Å². The minimum atomic E-state index is -0.345. The molecule has 0 rings (SSSR count). The standard InChI is InChI=1S/2C9H16O3.2In.2H/c1-9(2,3)8(11)5-7(10)6-12-4;1-6(2)8(10)5-9(11)7(3)12-4;;;;/h5,10H,6H2,1-4H3;5-7,11H,1-4H3;;;;/q;;2*+1;;/p-2. The van der Waals surface area contributed by atoms with Crippen LogP contribution in [0.4, 0.5) is 0 Å². The van der Waals surface area contributed by atoms with Crippen LogP contribution in [-0.2, 0) is 24.8 Å². The number of allylic oxidation sites excluding steroid dienone is 2. The molecule has 0 aromatic heterocycles. The van der Waals surface area contributed by atoms with Crippen LogP contribution in [0.15, 0.2) is 23.7 Å². The molecular formula is C18H32In2O6. The summed E-state index contributed by atoms with van der Waals surface area (Å²) in [4.78, 5) is 22.9. The number of hydrogen-bond donors (Lipinski definition) is 0. The van der Waals surface area contributed by atoms with Gasteiger partial charge in [0.1, 0.15) is 0 Å². The van der Waals surface area contributed by atoms with Crippen LogP contribution >= 0.6 is 0 Å². The SMILES string of the molecule is COC(C)C(=CC(=O)C(C)C)[O][InH].COCC(=CC(=O)C(C)(C)C)[O][InH]. The molecule has 1 atom stereocenters. The zero-order valence-corrected chi connectivity index (χ0v) is 25.5. The van der Waals surface area contributed by atoms with E-state index in [1.54, 1.807) is 20.3 Å². The molecule has 26 heavy (non-hydrogen) atoms. The van der Waals surface area contributed by atoms with Gasteiger partial charge < -0.3 is 0 Å². The van der Waals surface area contributed by atoms with Crippen LogP contribution in [0, 0.1) is 11.3 Å². The third-order valence-corrected chi connectivity index (χ3v) is 5.29. The molecule has 0 heterocycles. The maximum absolute atomic E-state index is 11.5. The number of hydrogen-bond acceptors (Lipinski definition) is 6. The second kappa shape index (κ2) is 15.1. The maximum atomic E-state index is 11.5. The van der Waals surface area contributed by atoms with Crippen molar-refractivity contribution in [3.05, 3.63) is 23.7 Å². The molecule has 2 radical (unpaired) electrons. The summed E-state index contributed by atoms with van der Waals surface area (Å²) in [5.74, 6) is 1.45. The fourth-order valence-electron chi connectivity index (χ4n) is 1.33. The summed E-state index contributed by atoms with van der Waals surface area (Å²) < 4.78 is 20.3. The normalized spacial score (nSPS) is 13.6. The second-order valence-electron chi connectivity index (χ2n) is 6.93. The average Bonchev–Trinajstić information content (AvgIpc) is 2.57. The first kappa shape index (κ1) is 28.3. The van der Waals surface area contributed by atoms with E-state index in [0.29, 0.717) is 67.7 Å². The molecule has 0 aromatic carbocycles. The molecule has 0 fully saturated rings. The third kappa shape index (κ3) is 13.3. The molecule has 0 N–H and O–H groups in total. The Balaban J connectivity index is 0. The van der Waals surface area contributed by atoms with Gasteiger partial charge in [0, 0.05) is 0 Å². The third-order valence-electron chi connectivity index (χ3n) is 3.28. The van der Waals surface area contributed by atoms with Crippen LogP contribution in [-0.4, -0.2) is 88.1 Å². The van der Waals surface area contributed by atoms with Crippen LogP contribution in [0.5, 0.6) is 0 Å². The molecule has 0 aliphatic carbocycles. The van der Waals surface area contributed by atoms with E-state index < -0.39 is 0 Å². The Hall–Kier alpha value is 0.0803. The van der Waals surface area contributed by atoms with Crippen molar-refractivity contribution in [2.75, 3.05) is 20.8 Å². The molecule has 0 amide bonds. The summed E-state index contributed by atoms with van der Waals surface area (Å²) in [6.07, 6.45) is 2.94. The van der Waals surface area contributed by atoms with Gasteiger partial charge in [0.25, 0.3) is 0 Å². The summed E-state index contributed by atoms with van der Waals surface area (Å²) in [5, 5.41) is 0. The molecule has 146 valence electrons. The number of methoxy groups -OCH3 is 2. The summed E-state index contributed by atoms with van der Waals surface area (Å²) in [6, 6.07) is 0. The summed E-state index contributed by atoms with van der Waals surface area (Å²) in [5.41, 5.74) is -0.345. The Morgan fingerprint density at radius 2 is 1.54 bits per heavy atom. The van der Waals surface area contributed by atoms with Crippen LogP contribution in [0.2, 0.25) is 0 Å². The fourth-order valence-corrected chi connectivity index (χ4v) is 2.71. The van der Waals surface area contributed by atoms with Crippen LogP contribution < -0.4 is 0 Å². The Morgan fingerprint density at radius 3 is 1.85 bits per heavy atom. The van der Waals surface area contributed by atoms with Crippen LogP contribution in [0.3, 0.4) is 0 Å². The summed E-state index contributed by atoms with van der Waals surface area (Å²) >= 11 is 0.725. The van der Waals surface area contributed by atoms with Crippen molar-refractivity contribution in [2.24, 2.45) is 11.3 Å². The van der Waals surface area contributed by atoms with Gasteiger partial charge >= 0.3 is 189 Å². The van der Waals surface area contributed by atoms with Crippen molar-refractivity contribution in [1.29, 1.82) is 0 Å². The van der Waals surface area contributed by atoms with E-state index in [2.05, 4.69) is 0 Å². The molecule has 0 aliphatic heterocycles. The molecule has 6 nitrogen and oxygen atoms in total. The van der Waals surface area contributed by atoms with Gasteiger partial charge in [-0.15, -0.1) is 0 Å². The zero-order chi connectivity index (χ0) is 20.9. The van der Waals surface area contributed by atoms with Crippen LogP contribution in [0.1, 0.15) is 41.5 Å².